The highest BCUT2D eigenvalue weighted by atomic mass is 19.2. The van der Waals surface area contributed by atoms with E-state index in [1.165, 1.54) is 18.2 Å². The quantitative estimate of drug-likeness (QED) is 0.319. The molecule has 5 heteroatoms. The molecule has 1 aliphatic rings. The van der Waals surface area contributed by atoms with Crippen molar-refractivity contribution in [1.82, 2.24) is 0 Å². The molecule has 31 heavy (non-hydrogen) atoms. The Morgan fingerprint density at radius 3 is 2.29 bits per heavy atom. The van der Waals surface area contributed by atoms with Gasteiger partial charge in [0.25, 0.3) is 0 Å². The van der Waals surface area contributed by atoms with Gasteiger partial charge in [0.15, 0.2) is 23.3 Å². The number of fused-ring (bicyclic) bond motifs is 1. The second kappa shape index (κ2) is 8.55. The van der Waals surface area contributed by atoms with E-state index in [4.69, 9.17) is 0 Å². The van der Waals surface area contributed by atoms with Crippen LogP contribution in [-0.2, 0) is 19.3 Å². The van der Waals surface area contributed by atoms with E-state index in [1.54, 1.807) is 25.1 Å². The van der Waals surface area contributed by atoms with Crippen LogP contribution in [0, 0.1) is 40.9 Å². The van der Waals surface area contributed by atoms with Crippen LogP contribution in [0.2, 0.25) is 0 Å². The molecule has 0 N–H and O–H groups in total. The summed E-state index contributed by atoms with van der Waals surface area (Å²) in [6, 6.07) is 10.1. The summed E-state index contributed by atoms with van der Waals surface area (Å²) in [5.74, 6) is 0.585. The summed E-state index contributed by atoms with van der Waals surface area (Å²) in [4.78, 5) is 0. The van der Waals surface area contributed by atoms with E-state index in [0.29, 0.717) is 42.4 Å². The first-order chi connectivity index (χ1) is 14.9. The Labute approximate surface area is 177 Å². The lowest BCUT2D eigenvalue weighted by Gasteiger charge is -2.26. The lowest BCUT2D eigenvalue weighted by Crippen LogP contribution is -2.16. The molecule has 1 unspecified atom stereocenters. The summed E-state index contributed by atoms with van der Waals surface area (Å²) >= 11 is 0. The largest absolute Gasteiger partial charge is 0.205 e. The van der Waals surface area contributed by atoms with Crippen LogP contribution in [-0.4, -0.2) is 0 Å². The normalized spacial score (nSPS) is 15.2. The Morgan fingerprint density at radius 1 is 0.806 bits per heavy atom. The van der Waals surface area contributed by atoms with E-state index in [0.717, 1.165) is 11.6 Å². The molecule has 0 saturated heterocycles. The summed E-state index contributed by atoms with van der Waals surface area (Å²) < 4.78 is 70.8. The van der Waals surface area contributed by atoms with Crippen LogP contribution in [0.3, 0.4) is 0 Å². The number of halogens is 5. The second-order valence-corrected chi connectivity index (χ2v) is 7.65. The third-order valence-corrected chi connectivity index (χ3v) is 5.85. The number of hydrogen-bond donors (Lipinski definition) is 0. The molecule has 1 atom stereocenters. The molecule has 158 valence electrons. The Morgan fingerprint density at radius 2 is 1.55 bits per heavy atom. The molecule has 3 aromatic rings. The van der Waals surface area contributed by atoms with Gasteiger partial charge >= 0.3 is 0 Å². The van der Waals surface area contributed by atoms with E-state index >= 15 is 4.39 Å². The Kier molecular flexibility index (Phi) is 5.82. The lowest BCUT2D eigenvalue weighted by atomic mass is 9.79. The van der Waals surface area contributed by atoms with Gasteiger partial charge in [-0.3, -0.25) is 0 Å². The zero-order chi connectivity index (χ0) is 22.1. The molecule has 1 aliphatic carbocycles. The molecule has 4 rings (SSSR count). The Hall–Kier alpha value is -3.13. The summed E-state index contributed by atoms with van der Waals surface area (Å²) in [5.41, 5.74) is 1.78. The highest BCUT2D eigenvalue weighted by Gasteiger charge is 2.27. The fraction of sp³-hybridized carbons (Fsp3) is 0.231. The van der Waals surface area contributed by atoms with Gasteiger partial charge in [-0.05, 0) is 72.1 Å². The van der Waals surface area contributed by atoms with Crippen LogP contribution in [0.1, 0.15) is 52.6 Å². The molecule has 0 fully saturated rings. The van der Waals surface area contributed by atoms with E-state index in [9.17, 15) is 17.6 Å². The summed E-state index contributed by atoms with van der Waals surface area (Å²) in [6.07, 6.45) is 1.62. The summed E-state index contributed by atoms with van der Waals surface area (Å²) in [6.45, 7) is 1.76. The van der Waals surface area contributed by atoms with Gasteiger partial charge in [-0.15, -0.1) is 0 Å². The number of rotatable bonds is 2. The van der Waals surface area contributed by atoms with Gasteiger partial charge in [0.2, 0.25) is 0 Å². The molecule has 0 amide bonds. The first-order valence-corrected chi connectivity index (χ1v) is 10.1. The number of benzene rings is 3. The minimum Gasteiger partial charge on any atom is -0.205 e. The molecule has 0 heterocycles. The smallest absolute Gasteiger partial charge is 0.174 e. The fourth-order valence-electron chi connectivity index (χ4n) is 4.10. The minimum absolute atomic E-state index is 0.0883. The SMILES string of the molecule is CCc1ccc(C2CCc3c(ccc(C#Cc4cccc(F)c4F)c3F)C2)c(F)c1F. The topological polar surface area (TPSA) is 0 Å². The molecule has 3 aromatic carbocycles. The maximum absolute atomic E-state index is 15.0. The number of aryl methyl sites for hydroxylation is 1. The minimum atomic E-state index is -1.07. The van der Waals surface area contributed by atoms with E-state index in [1.807, 2.05) is 0 Å². The monoisotopic (exact) mass is 426 g/mol. The molecular formula is C26H19F5. The van der Waals surface area contributed by atoms with Crippen LogP contribution >= 0.6 is 0 Å². The molecule has 0 radical (unpaired) electrons. The molecule has 0 nitrogen and oxygen atoms in total. The van der Waals surface area contributed by atoms with Gasteiger partial charge in [-0.1, -0.05) is 43.0 Å². The van der Waals surface area contributed by atoms with Crippen molar-refractivity contribution in [3.63, 3.8) is 0 Å². The Balaban J connectivity index is 1.62. The van der Waals surface area contributed by atoms with E-state index < -0.39 is 29.1 Å². The van der Waals surface area contributed by atoms with Crippen molar-refractivity contribution in [2.45, 2.75) is 38.5 Å². The second-order valence-electron chi connectivity index (χ2n) is 7.65. The van der Waals surface area contributed by atoms with Gasteiger partial charge < -0.3 is 0 Å². The van der Waals surface area contributed by atoms with Gasteiger partial charge in [-0.2, -0.15) is 0 Å². The molecule has 0 aliphatic heterocycles. The lowest BCUT2D eigenvalue weighted by molar-refractivity contribution is 0.465. The van der Waals surface area contributed by atoms with Gasteiger partial charge in [0.05, 0.1) is 11.1 Å². The van der Waals surface area contributed by atoms with Crippen molar-refractivity contribution in [1.29, 1.82) is 0 Å². The third kappa shape index (κ3) is 3.95. The van der Waals surface area contributed by atoms with Crippen LogP contribution in [0.5, 0.6) is 0 Å². The van der Waals surface area contributed by atoms with Crippen molar-refractivity contribution < 1.29 is 22.0 Å². The maximum atomic E-state index is 15.0. The van der Waals surface area contributed by atoms with Crippen LogP contribution in [0.25, 0.3) is 0 Å². The summed E-state index contributed by atoms with van der Waals surface area (Å²) in [7, 11) is 0. The molecular weight excluding hydrogens is 407 g/mol. The standard InChI is InChI=1S/C26H19F5/c1-2-15-10-12-21(26(31)25(15)30)19-11-13-20-18(14-19)9-8-17(23(20)28)7-6-16-4-3-5-22(27)24(16)29/h3-5,8-10,12,19H,2,11,13-14H2,1H3. The van der Waals surface area contributed by atoms with Crippen molar-refractivity contribution in [3.8, 4) is 11.8 Å². The zero-order valence-corrected chi connectivity index (χ0v) is 16.8. The fourth-order valence-corrected chi connectivity index (χ4v) is 4.10. The molecule has 0 bridgehead atoms. The predicted molar refractivity (Wildman–Crippen MR) is 109 cm³/mol. The first kappa shape index (κ1) is 21.1. The van der Waals surface area contributed by atoms with Crippen LogP contribution < -0.4 is 0 Å². The highest BCUT2D eigenvalue weighted by Crippen LogP contribution is 2.36. The van der Waals surface area contributed by atoms with Crippen molar-refractivity contribution in [3.05, 3.63) is 105 Å². The van der Waals surface area contributed by atoms with Crippen molar-refractivity contribution in [2.24, 2.45) is 0 Å². The van der Waals surface area contributed by atoms with E-state index in [2.05, 4.69) is 11.8 Å². The zero-order valence-electron chi connectivity index (χ0n) is 16.8. The molecule has 0 aromatic heterocycles. The van der Waals surface area contributed by atoms with Gasteiger partial charge in [0.1, 0.15) is 5.82 Å². The van der Waals surface area contributed by atoms with Crippen molar-refractivity contribution >= 4 is 0 Å². The number of hydrogen-bond acceptors (Lipinski definition) is 0. The van der Waals surface area contributed by atoms with Gasteiger partial charge in [-0.25, -0.2) is 22.0 Å². The third-order valence-electron chi connectivity index (χ3n) is 5.85. The average Bonchev–Trinajstić information content (AvgIpc) is 2.77. The highest BCUT2D eigenvalue weighted by molar-refractivity contribution is 5.48. The first-order valence-electron chi connectivity index (χ1n) is 10.1. The van der Waals surface area contributed by atoms with Crippen molar-refractivity contribution in [2.75, 3.05) is 0 Å². The van der Waals surface area contributed by atoms with Crippen LogP contribution in [0.4, 0.5) is 22.0 Å². The van der Waals surface area contributed by atoms with Crippen LogP contribution in [0.15, 0.2) is 42.5 Å². The van der Waals surface area contributed by atoms with Gasteiger partial charge in [0, 0.05) is 0 Å². The average molecular weight is 426 g/mol. The predicted octanol–water partition coefficient (Wildman–Crippen LogP) is 6.62. The Bertz CT molecular complexity index is 1220. The molecule has 0 spiro atoms. The maximum Gasteiger partial charge on any atom is 0.174 e. The summed E-state index contributed by atoms with van der Waals surface area (Å²) in [5, 5.41) is 0. The van der Waals surface area contributed by atoms with E-state index in [-0.39, 0.29) is 17.0 Å². The molecule has 0 saturated carbocycles.